The van der Waals surface area contributed by atoms with Gasteiger partial charge in [0.2, 0.25) is 0 Å². The minimum absolute atomic E-state index is 0.138. The molecule has 0 saturated heterocycles. The van der Waals surface area contributed by atoms with E-state index in [1.54, 1.807) is 0 Å². The largest absolute Gasteiger partial charge is 0.310 e. The van der Waals surface area contributed by atoms with Gasteiger partial charge in [-0.25, -0.2) is 0 Å². The first-order valence-corrected chi connectivity index (χ1v) is 21.9. The van der Waals surface area contributed by atoms with Crippen molar-refractivity contribution in [1.29, 1.82) is 0 Å². The maximum atomic E-state index is 2.49. The molecule has 0 aliphatic heterocycles. The summed E-state index contributed by atoms with van der Waals surface area (Å²) in [4.78, 5) is 2.49. The highest BCUT2D eigenvalue weighted by molar-refractivity contribution is 7.26. The first kappa shape index (κ1) is 34.5. The van der Waals surface area contributed by atoms with E-state index >= 15 is 0 Å². The number of thiophene rings is 1. The van der Waals surface area contributed by atoms with E-state index in [4.69, 9.17) is 0 Å². The third-order valence-electron chi connectivity index (χ3n) is 13.3. The summed E-state index contributed by atoms with van der Waals surface area (Å²) in [6.07, 6.45) is 0. The molecule has 13 rings (SSSR count). The van der Waals surface area contributed by atoms with Crippen molar-refractivity contribution in [2.45, 2.75) is 19.3 Å². The van der Waals surface area contributed by atoms with Crippen LogP contribution in [0.4, 0.5) is 17.1 Å². The van der Waals surface area contributed by atoms with Gasteiger partial charge in [0.15, 0.2) is 0 Å². The topological polar surface area (TPSA) is 13.1 Å². The third-order valence-corrected chi connectivity index (χ3v) is 14.5. The van der Waals surface area contributed by atoms with Crippen LogP contribution in [0.25, 0.3) is 86.3 Å². The maximum Gasteiger partial charge on any atom is 0.0555 e. The second-order valence-corrected chi connectivity index (χ2v) is 18.0. The van der Waals surface area contributed by atoms with Gasteiger partial charge in [-0.1, -0.05) is 123 Å². The number of fused-ring (bicyclic) bond motifs is 13. The van der Waals surface area contributed by atoms with Crippen LogP contribution in [0.5, 0.6) is 0 Å². The summed E-state index contributed by atoms with van der Waals surface area (Å²) in [7, 11) is 0. The van der Waals surface area contributed by atoms with Crippen molar-refractivity contribution >= 4 is 92.2 Å². The molecule has 0 atom stereocenters. The Morgan fingerprint density at radius 3 is 1.70 bits per heavy atom. The number of aromatic nitrogens is 2. The van der Waals surface area contributed by atoms with E-state index in [-0.39, 0.29) is 5.41 Å². The third kappa shape index (κ3) is 4.91. The number of anilines is 3. The molecule has 0 radical (unpaired) electrons. The SMILES string of the molecule is CC1(C)c2ccccc2-c2ccc(N(c3ccc4c(c3)c3ccccc3n4-c3ccccc3)c3ccc4c(c3)c3c5sc6ccccc6c5ccc3n4-c3ccccc3)cc21. The van der Waals surface area contributed by atoms with Crippen LogP contribution in [0.3, 0.4) is 0 Å². The van der Waals surface area contributed by atoms with Crippen LogP contribution < -0.4 is 4.90 Å². The van der Waals surface area contributed by atoms with E-state index in [1.165, 1.54) is 86.0 Å². The minimum Gasteiger partial charge on any atom is -0.310 e. The van der Waals surface area contributed by atoms with Crippen LogP contribution in [-0.4, -0.2) is 9.13 Å². The number of benzene rings is 9. The molecule has 0 fully saturated rings. The highest BCUT2D eigenvalue weighted by Crippen LogP contribution is 2.52. The first-order chi connectivity index (χ1) is 30.0. The van der Waals surface area contributed by atoms with Crippen LogP contribution in [0.1, 0.15) is 25.0 Å². The van der Waals surface area contributed by atoms with Gasteiger partial charge in [-0.05, 0) is 113 Å². The normalized spacial score (nSPS) is 13.2. The van der Waals surface area contributed by atoms with Crippen LogP contribution in [0.15, 0.2) is 200 Å². The summed E-state index contributed by atoms with van der Waals surface area (Å²) < 4.78 is 7.49. The van der Waals surface area contributed by atoms with Crippen LogP contribution in [0, 0.1) is 0 Å². The predicted molar refractivity (Wildman–Crippen MR) is 260 cm³/mol. The average Bonchev–Trinajstić information content (AvgIpc) is 4.02. The molecule has 288 valence electrons. The Bertz CT molecular complexity index is 3740. The van der Waals surface area contributed by atoms with Gasteiger partial charge >= 0.3 is 0 Å². The lowest BCUT2D eigenvalue weighted by molar-refractivity contribution is 0.660. The van der Waals surface area contributed by atoms with E-state index in [1.807, 2.05) is 11.3 Å². The Morgan fingerprint density at radius 2 is 0.934 bits per heavy atom. The molecule has 0 unspecified atom stereocenters. The van der Waals surface area contributed by atoms with Gasteiger partial charge in [0.1, 0.15) is 0 Å². The zero-order chi connectivity index (χ0) is 40.4. The molecule has 0 saturated carbocycles. The molecule has 3 nitrogen and oxygen atoms in total. The molecule has 0 spiro atoms. The number of hydrogen-bond donors (Lipinski definition) is 0. The summed E-state index contributed by atoms with van der Waals surface area (Å²) in [6.45, 7) is 4.74. The lowest BCUT2D eigenvalue weighted by atomic mass is 9.82. The second kappa shape index (κ2) is 12.8. The fraction of sp³-hybridized carbons (Fsp3) is 0.0526. The minimum atomic E-state index is -0.138. The van der Waals surface area contributed by atoms with Crippen molar-refractivity contribution in [1.82, 2.24) is 9.13 Å². The molecule has 61 heavy (non-hydrogen) atoms. The number of rotatable bonds is 5. The fourth-order valence-electron chi connectivity index (χ4n) is 10.5. The molecule has 9 aromatic carbocycles. The van der Waals surface area contributed by atoms with Gasteiger partial charge in [-0.15, -0.1) is 11.3 Å². The van der Waals surface area contributed by atoms with Crippen LogP contribution in [0.2, 0.25) is 0 Å². The van der Waals surface area contributed by atoms with E-state index in [9.17, 15) is 0 Å². The van der Waals surface area contributed by atoms with Crippen molar-refractivity contribution in [2.75, 3.05) is 4.90 Å². The Labute approximate surface area is 357 Å². The number of para-hydroxylation sites is 3. The predicted octanol–water partition coefficient (Wildman–Crippen LogP) is 16.0. The molecular formula is C57H39N3S. The molecule has 1 aliphatic rings. The van der Waals surface area contributed by atoms with Gasteiger partial charge in [-0.3, -0.25) is 0 Å². The number of nitrogens with zero attached hydrogens (tertiary/aromatic N) is 3. The Morgan fingerprint density at radius 1 is 0.393 bits per heavy atom. The molecule has 12 aromatic rings. The highest BCUT2D eigenvalue weighted by atomic mass is 32.1. The molecular weight excluding hydrogens is 759 g/mol. The molecule has 0 amide bonds. The van der Waals surface area contributed by atoms with Gasteiger partial charge < -0.3 is 14.0 Å². The molecule has 0 bridgehead atoms. The van der Waals surface area contributed by atoms with E-state index in [0.717, 1.165) is 28.4 Å². The lowest BCUT2D eigenvalue weighted by Gasteiger charge is -2.28. The highest BCUT2D eigenvalue weighted by Gasteiger charge is 2.36. The molecule has 0 N–H and O–H groups in total. The average molecular weight is 798 g/mol. The van der Waals surface area contributed by atoms with E-state index in [0.29, 0.717) is 0 Å². The zero-order valence-corrected chi connectivity index (χ0v) is 34.6. The second-order valence-electron chi connectivity index (χ2n) is 16.9. The van der Waals surface area contributed by atoms with Gasteiger partial charge in [0, 0.05) is 75.6 Å². The fourth-order valence-corrected chi connectivity index (χ4v) is 11.8. The van der Waals surface area contributed by atoms with Crippen molar-refractivity contribution in [2.24, 2.45) is 0 Å². The molecule has 1 aliphatic carbocycles. The van der Waals surface area contributed by atoms with Crippen molar-refractivity contribution in [3.8, 4) is 22.5 Å². The number of hydrogen-bond acceptors (Lipinski definition) is 2. The standard InChI is InChI=1S/C57H39N3S/c1-57(2)48-22-12-9-19-41(48)42-28-25-40(35-49(42)57)58(38-26-30-51-46(33-38)43-20-10-13-23-50(43)59(51)36-15-5-3-6-16-36)39-27-31-52-47(34-39)55-53(60(52)37-17-7-4-8-18-37)32-29-45-44-21-11-14-24-54(44)61-56(45)55/h3-35H,1-2H3. The quantitative estimate of drug-likeness (QED) is 0.169. The van der Waals surface area contributed by atoms with E-state index < -0.39 is 0 Å². The summed E-state index contributed by atoms with van der Waals surface area (Å²) in [5, 5.41) is 7.63. The summed E-state index contributed by atoms with van der Waals surface area (Å²) in [5.41, 5.74) is 15.8. The van der Waals surface area contributed by atoms with Crippen molar-refractivity contribution in [3.63, 3.8) is 0 Å². The van der Waals surface area contributed by atoms with Crippen LogP contribution >= 0.6 is 11.3 Å². The summed E-state index contributed by atoms with van der Waals surface area (Å²) in [6, 6.07) is 74.1. The Kier molecular flexibility index (Phi) is 7.23. The molecule has 3 aromatic heterocycles. The van der Waals surface area contributed by atoms with Crippen molar-refractivity contribution in [3.05, 3.63) is 211 Å². The first-order valence-electron chi connectivity index (χ1n) is 21.1. The van der Waals surface area contributed by atoms with Gasteiger partial charge in [0.05, 0.1) is 22.1 Å². The lowest BCUT2D eigenvalue weighted by Crippen LogP contribution is -2.16. The monoisotopic (exact) mass is 797 g/mol. The smallest absolute Gasteiger partial charge is 0.0555 e. The summed E-state index contributed by atoms with van der Waals surface area (Å²) >= 11 is 1.90. The molecule has 3 heterocycles. The van der Waals surface area contributed by atoms with Crippen molar-refractivity contribution < 1.29 is 0 Å². The Balaban J connectivity index is 1.10. The van der Waals surface area contributed by atoms with Gasteiger partial charge in [-0.2, -0.15) is 0 Å². The van der Waals surface area contributed by atoms with Gasteiger partial charge in [0.25, 0.3) is 0 Å². The zero-order valence-electron chi connectivity index (χ0n) is 33.8. The van der Waals surface area contributed by atoms with Crippen LogP contribution in [-0.2, 0) is 5.41 Å². The maximum absolute atomic E-state index is 2.49. The molecule has 4 heteroatoms. The Hall–Kier alpha value is -7.40. The summed E-state index contributed by atoms with van der Waals surface area (Å²) in [5.74, 6) is 0. The van der Waals surface area contributed by atoms with E-state index in [2.05, 4.69) is 228 Å².